The predicted octanol–water partition coefficient (Wildman–Crippen LogP) is 3.88. The van der Waals surface area contributed by atoms with Gasteiger partial charge in [-0.1, -0.05) is 35.3 Å². The van der Waals surface area contributed by atoms with Crippen molar-refractivity contribution in [1.82, 2.24) is 20.5 Å². The fourth-order valence-corrected chi connectivity index (χ4v) is 2.88. The second-order valence-corrected chi connectivity index (χ2v) is 7.27. The molecular formula is C20H27Cl2IN6O. The molecule has 10 heteroatoms. The van der Waals surface area contributed by atoms with E-state index in [9.17, 15) is 4.79 Å². The van der Waals surface area contributed by atoms with Gasteiger partial charge in [-0.15, -0.1) is 24.0 Å². The van der Waals surface area contributed by atoms with E-state index >= 15 is 0 Å². The Kier molecular flexibility index (Phi) is 11.8. The van der Waals surface area contributed by atoms with Crippen LogP contribution in [-0.2, 0) is 6.54 Å². The van der Waals surface area contributed by atoms with E-state index in [0.717, 1.165) is 12.1 Å². The van der Waals surface area contributed by atoms with Gasteiger partial charge in [-0.05, 0) is 30.7 Å². The van der Waals surface area contributed by atoms with E-state index in [1.165, 1.54) is 0 Å². The number of hydrogen-bond donors (Lipinski definition) is 3. The molecule has 0 aliphatic carbocycles. The van der Waals surface area contributed by atoms with Gasteiger partial charge in [-0.2, -0.15) is 0 Å². The highest BCUT2D eigenvalue weighted by Gasteiger charge is 2.07. The molecular weight excluding hydrogens is 538 g/mol. The van der Waals surface area contributed by atoms with Crippen molar-refractivity contribution in [2.24, 2.45) is 4.99 Å². The number of pyridine rings is 1. The Bertz CT molecular complexity index is 846. The largest absolute Gasteiger partial charge is 0.367 e. The third kappa shape index (κ3) is 8.53. The van der Waals surface area contributed by atoms with Crippen molar-refractivity contribution < 1.29 is 4.79 Å². The lowest BCUT2D eigenvalue weighted by Gasteiger charge is -2.13. The van der Waals surface area contributed by atoms with Crippen LogP contribution in [-0.4, -0.2) is 55.5 Å². The van der Waals surface area contributed by atoms with Crippen LogP contribution in [0.4, 0.5) is 5.82 Å². The van der Waals surface area contributed by atoms with Gasteiger partial charge in [0, 0.05) is 45.5 Å². The van der Waals surface area contributed by atoms with Crippen molar-refractivity contribution in [3.8, 4) is 0 Å². The van der Waals surface area contributed by atoms with Gasteiger partial charge in [0.1, 0.15) is 5.82 Å². The molecule has 0 spiro atoms. The summed E-state index contributed by atoms with van der Waals surface area (Å²) in [5.41, 5.74) is 1.68. The molecule has 0 radical (unpaired) electrons. The summed E-state index contributed by atoms with van der Waals surface area (Å²) < 4.78 is 0. The zero-order chi connectivity index (χ0) is 21.2. The molecule has 7 nitrogen and oxygen atoms in total. The quantitative estimate of drug-likeness (QED) is 0.196. The second kappa shape index (κ2) is 13.5. The molecule has 164 valence electrons. The number of benzene rings is 1. The summed E-state index contributed by atoms with van der Waals surface area (Å²) in [5.74, 6) is 1.28. The number of carbonyl (C=O) groups is 1. The van der Waals surface area contributed by atoms with Crippen molar-refractivity contribution >= 4 is 64.9 Å². The summed E-state index contributed by atoms with van der Waals surface area (Å²) in [5, 5.41) is 10.6. The highest BCUT2D eigenvalue weighted by molar-refractivity contribution is 14.0. The Morgan fingerprint density at radius 3 is 2.43 bits per heavy atom. The molecule has 1 heterocycles. The van der Waals surface area contributed by atoms with E-state index in [4.69, 9.17) is 23.2 Å². The van der Waals surface area contributed by atoms with Crippen LogP contribution < -0.4 is 16.0 Å². The minimum atomic E-state index is -0.0159. The van der Waals surface area contributed by atoms with Gasteiger partial charge in [0.25, 0.3) is 5.91 Å². The van der Waals surface area contributed by atoms with Crippen LogP contribution in [0.25, 0.3) is 0 Å². The van der Waals surface area contributed by atoms with Gasteiger partial charge in [-0.3, -0.25) is 4.79 Å². The highest BCUT2D eigenvalue weighted by atomic mass is 127. The molecule has 1 aromatic heterocycles. The summed E-state index contributed by atoms with van der Waals surface area (Å²) in [6, 6.07) is 9.12. The molecule has 1 aromatic carbocycles. The van der Waals surface area contributed by atoms with E-state index < -0.39 is 0 Å². The monoisotopic (exact) mass is 564 g/mol. The molecule has 0 saturated carbocycles. The molecule has 0 saturated heterocycles. The Hall–Kier alpha value is -1.78. The maximum Gasteiger partial charge on any atom is 0.253 e. The fourth-order valence-electron chi connectivity index (χ4n) is 2.43. The number of halogens is 3. The Morgan fingerprint density at radius 1 is 1.13 bits per heavy atom. The number of nitrogens with zero attached hydrogens (tertiary/aromatic N) is 3. The van der Waals surface area contributed by atoms with Crippen LogP contribution in [0.15, 0.2) is 41.5 Å². The van der Waals surface area contributed by atoms with Gasteiger partial charge < -0.3 is 20.9 Å². The van der Waals surface area contributed by atoms with Crippen molar-refractivity contribution in [2.75, 3.05) is 39.0 Å². The Morgan fingerprint density at radius 2 is 1.83 bits per heavy atom. The predicted molar refractivity (Wildman–Crippen MR) is 135 cm³/mol. The summed E-state index contributed by atoms with van der Waals surface area (Å²) in [6.07, 6.45) is 1.55. The molecule has 3 N–H and O–H groups in total. The van der Waals surface area contributed by atoms with Gasteiger partial charge in [0.15, 0.2) is 5.96 Å². The van der Waals surface area contributed by atoms with E-state index in [2.05, 4.69) is 25.9 Å². The van der Waals surface area contributed by atoms with Crippen molar-refractivity contribution in [1.29, 1.82) is 0 Å². The van der Waals surface area contributed by atoms with E-state index in [-0.39, 0.29) is 29.9 Å². The van der Waals surface area contributed by atoms with Crippen LogP contribution >= 0.6 is 47.2 Å². The maximum atomic E-state index is 11.9. The minimum absolute atomic E-state index is 0. The third-order valence-corrected chi connectivity index (χ3v) is 4.38. The van der Waals surface area contributed by atoms with Crippen LogP contribution in [0.3, 0.4) is 0 Å². The van der Waals surface area contributed by atoms with E-state index in [1.807, 2.05) is 31.2 Å². The summed E-state index contributed by atoms with van der Waals surface area (Å²) in [6.45, 7) is 4.50. The normalized spacial score (nSPS) is 10.8. The number of anilines is 1. The van der Waals surface area contributed by atoms with Gasteiger partial charge in [0.05, 0.1) is 16.6 Å². The summed E-state index contributed by atoms with van der Waals surface area (Å²) >= 11 is 11.9. The van der Waals surface area contributed by atoms with Gasteiger partial charge in [-0.25, -0.2) is 9.98 Å². The summed E-state index contributed by atoms with van der Waals surface area (Å²) in [4.78, 5) is 22.2. The smallest absolute Gasteiger partial charge is 0.253 e. The average molecular weight is 565 g/mol. The average Bonchev–Trinajstić information content (AvgIpc) is 2.70. The van der Waals surface area contributed by atoms with Gasteiger partial charge in [0.2, 0.25) is 0 Å². The number of hydrogen-bond acceptors (Lipinski definition) is 4. The molecule has 0 aliphatic rings. The maximum absolute atomic E-state index is 11.9. The first-order valence-corrected chi connectivity index (χ1v) is 10.0. The Balaban J connectivity index is 0.00000450. The second-order valence-electron chi connectivity index (χ2n) is 6.43. The molecule has 0 bridgehead atoms. The first-order chi connectivity index (χ1) is 13.9. The third-order valence-electron chi connectivity index (χ3n) is 3.89. The number of amides is 1. The number of nitrogens with one attached hydrogen (secondary N) is 3. The molecule has 30 heavy (non-hydrogen) atoms. The standard InChI is InChI=1S/C20H26Cl2N6O.HI/c1-4-23-20(25-10-9-24-18-17(22)11-16(21)13-26-18)27-12-14-5-7-15(8-6-14)19(29)28(2)3;/h5-8,11,13H,4,9-10,12H2,1-3H3,(H,24,26)(H2,23,25,27);1H. The molecule has 2 aromatic rings. The number of aliphatic imine (C=N–C) groups is 1. The molecule has 0 atom stereocenters. The first-order valence-electron chi connectivity index (χ1n) is 9.28. The minimum Gasteiger partial charge on any atom is -0.367 e. The molecule has 1 amide bonds. The lowest BCUT2D eigenvalue weighted by atomic mass is 10.1. The highest BCUT2D eigenvalue weighted by Crippen LogP contribution is 2.21. The van der Waals surface area contributed by atoms with E-state index in [0.29, 0.717) is 47.0 Å². The molecule has 0 unspecified atom stereocenters. The topological polar surface area (TPSA) is 81.7 Å². The number of carbonyl (C=O) groups excluding carboxylic acids is 1. The Labute approximate surface area is 204 Å². The number of aromatic nitrogens is 1. The lowest BCUT2D eigenvalue weighted by molar-refractivity contribution is 0.0827. The summed E-state index contributed by atoms with van der Waals surface area (Å²) in [7, 11) is 3.47. The molecule has 0 fully saturated rings. The number of guanidine groups is 1. The van der Waals surface area contributed by atoms with Crippen LogP contribution in [0.5, 0.6) is 0 Å². The molecule has 0 aliphatic heterocycles. The van der Waals surface area contributed by atoms with Gasteiger partial charge >= 0.3 is 0 Å². The number of rotatable bonds is 8. The van der Waals surface area contributed by atoms with Crippen LogP contribution in [0.1, 0.15) is 22.8 Å². The zero-order valence-corrected chi connectivity index (χ0v) is 21.0. The molecule has 2 rings (SSSR count). The van der Waals surface area contributed by atoms with E-state index in [1.54, 1.807) is 31.3 Å². The van der Waals surface area contributed by atoms with Crippen molar-refractivity contribution in [3.63, 3.8) is 0 Å². The SMILES string of the molecule is CCNC(=NCc1ccc(C(=O)N(C)C)cc1)NCCNc1ncc(Cl)cc1Cl.I. The first kappa shape index (κ1) is 26.3. The lowest BCUT2D eigenvalue weighted by Crippen LogP contribution is -2.39. The van der Waals surface area contributed by atoms with Crippen LogP contribution in [0, 0.1) is 0 Å². The zero-order valence-electron chi connectivity index (χ0n) is 17.2. The van der Waals surface area contributed by atoms with Crippen LogP contribution in [0.2, 0.25) is 10.0 Å². The van der Waals surface area contributed by atoms with Crippen molar-refractivity contribution in [2.45, 2.75) is 13.5 Å². The van der Waals surface area contributed by atoms with Crippen molar-refractivity contribution in [3.05, 3.63) is 57.7 Å². The fraction of sp³-hybridized carbons (Fsp3) is 0.350.